The lowest BCUT2D eigenvalue weighted by atomic mass is 10.1. The highest BCUT2D eigenvalue weighted by molar-refractivity contribution is 9.10. The number of halogens is 1. The van der Waals surface area contributed by atoms with E-state index in [2.05, 4.69) is 31.6 Å². The number of anilines is 1. The quantitative estimate of drug-likeness (QED) is 0.912. The molecule has 0 aliphatic heterocycles. The maximum atomic E-state index is 11.7. The summed E-state index contributed by atoms with van der Waals surface area (Å²) in [5.74, 6) is 0.291. The monoisotopic (exact) mass is 323 g/mol. The van der Waals surface area contributed by atoms with Gasteiger partial charge in [0.1, 0.15) is 0 Å². The number of unbranched alkanes of at least 4 members (excludes halogenated alkanes) is 1. The Balaban J connectivity index is 2.13. The molecule has 0 aliphatic carbocycles. The van der Waals surface area contributed by atoms with Crippen molar-refractivity contribution in [2.75, 3.05) is 5.32 Å². The zero-order valence-electron chi connectivity index (χ0n) is 10.5. The molecule has 0 unspecified atom stereocenters. The first-order valence-corrected chi connectivity index (χ1v) is 6.88. The summed E-state index contributed by atoms with van der Waals surface area (Å²) in [5, 5.41) is 10.3. The number of rotatable bonds is 5. The second-order valence-electron chi connectivity index (χ2n) is 4.12. The number of aromatic nitrogens is 2. The van der Waals surface area contributed by atoms with Gasteiger partial charge in [0.15, 0.2) is 5.69 Å². The third-order valence-corrected chi connectivity index (χ3v) is 3.15. The highest BCUT2D eigenvalue weighted by atomic mass is 79.9. The van der Waals surface area contributed by atoms with E-state index in [1.54, 1.807) is 0 Å². The van der Waals surface area contributed by atoms with Crippen LogP contribution in [0.5, 0.6) is 0 Å². The number of amides is 1. The average molecular weight is 324 g/mol. The number of carbonyl (C=O) groups is 1. The third-order valence-electron chi connectivity index (χ3n) is 2.62. The molecule has 0 saturated carbocycles. The molecule has 1 aromatic carbocycles. The second-order valence-corrected chi connectivity index (χ2v) is 5.04. The Morgan fingerprint density at radius 1 is 1.32 bits per heavy atom. The van der Waals surface area contributed by atoms with E-state index in [4.69, 9.17) is 4.63 Å². The van der Waals surface area contributed by atoms with Crippen molar-refractivity contribution in [3.63, 3.8) is 0 Å². The Bertz CT molecular complexity index is 551. The van der Waals surface area contributed by atoms with Gasteiger partial charge in [0.25, 0.3) is 0 Å². The number of benzene rings is 1. The fourth-order valence-corrected chi connectivity index (χ4v) is 1.86. The van der Waals surface area contributed by atoms with Gasteiger partial charge in [-0.05, 0) is 28.9 Å². The summed E-state index contributed by atoms with van der Waals surface area (Å²) >= 11 is 3.37. The summed E-state index contributed by atoms with van der Waals surface area (Å²) in [4.78, 5) is 11.7. The van der Waals surface area contributed by atoms with Crippen LogP contribution in [-0.4, -0.2) is 16.2 Å². The molecule has 0 fully saturated rings. The highest BCUT2D eigenvalue weighted by Gasteiger charge is 2.14. The molecule has 0 spiro atoms. The molecule has 6 heteroatoms. The maximum absolute atomic E-state index is 11.7. The molecule has 100 valence electrons. The molecule has 0 radical (unpaired) electrons. The topological polar surface area (TPSA) is 68.0 Å². The summed E-state index contributed by atoms with van der Waals surface area (Å²) in [7, 11) is 0. The van der Waals surface area contributed by atoms with Crippen LogP contribution in [0.3, 0.4) is 0 Å². The molecular weight excluding hydrogens is 310 g/mol. The SMILES string of the molecule is CCCCC(=O)Nc1nonc1-c1ccc(Br)cc1. The van der Waals surface area contributed by atoms with Crippen molar-refractivity contribution in [3.05, 3.63) is 28.7 Å². The molecule has 2 aromatic rings. The van der Waals surface area contributed by atoms with Gasteiger partial charge in [0.05, 0.1) is 0 Å². The van der Waals surface area contributed by atoms with E-state index in [0.717, 1.165) is 22.9 Å². The van der Waals surface area contributed by atoms with Crippen LogP contribution < -0.4 is 5.32 Å². The van der Waals surface area contributed by atoms with Crippen molar-refractivity contribution in [1.82, 2.24) is 10.3 Å². The molecule has 5 nitrogen and oxygen atoms in total. The van der Waals surface area contributed by atoms with Gasteiger partial charge in [-0.2, -0.15) is 0 Å². The number of carbonyl (C=O) groups excluding carboxylic acids is 1. The van der Waals surface area contributed by atoms with Crippen LogP contribution in [0.25, 0.3) is 11.3 Å². The molecular formula is C13H14BrN3O2. The van der Waals surface area contributed by atoms with Gasteiger partial charge in [-0.3, -0.25) is 4.79 Å². The lowest BCUT2D eigenvalue weighted by Crippen LogP contribution is -2.11. The van der Waals surface area contributed by atoms with Gasteiger partial charge in [-0.15, -0.1) is 0 Å². The van der Waals surface area contributed by atoms with E-state index in [0.29, 0.717) is 17.9 Å². The van der Waals surface area contributed by atoms with Crippen molar-refractivity contribution in [1.29, 1.82) is 0 Å². The lowest BCUT2D eigenvalue weighted by Gasteiger charge is -2.02. The van der Waals surface area contributed by atoms with Crippen molar-refractivity contribution in [3.8, 4) is 11.3 Å². The van der Waals surface area contributed by atoms with E-state index in [1.165, 1.54) is 0 Å². The summed E-state index contributed by atoms with van der Waals surface area (Å²) in [5.41, 5.74) is 1.38. The fourth-order valence-electron chi connectivity index (χ4n) is 1.60. The molecule has 2 rings (SSSR count). The Labute approximate surface area is 119 Å². The van der Waals surface area contributed by atoms with Gasteiger partial charge in [-0.25, -0.2) is 4.63 Å². The Morgan fingerprint density at radius 2 is 2.05 bits per heavy atom. The van der Waals surface area contributed by atoms with Crippen molar-refractivity contribution < 1.29 is 9.42 Å². The van der Waals surface area contributed by atoms with E-state index in [1.807, 2.05) is 31.2 Å². The standard InChI is InChI=1S/C13H14BrN3O2/c1-2-3-4-11(18)15-13-12(16-19-17-13)9-5-7-10(14)8-6-9/h5-8H,2-4H2,1H3,(H,15,17,18). The van der Waals surface area contributed by atoms with Crippen molar-refractivity contribution in [2.45, 2.75) is 26.2 Å². The minimum Gasteiger partial charge on any atom is -0.306 e. The molecule has 19 heavy (non-hydrogen) atoms. The summed E-state index contributed by atoms with van der Waals surface area (Å²) in [6, 6.07) is 7.55. The van der Waals surface area contributed by atoms with E-state index < -0.39 is 0 Å². The summed E-state index contributed by atoms with van der Waals surface area (Å²) in [6.45, 7) is 2.04. The van der Waals surface area contributed by atoms with Gasteiger partial charge in [-0.1, -0.05) is 41.4 Å². The molecule has 0 bridgehead atoms. The predicted molar refractivity (Wildman–Crippen MR) is 75.6 cm³/mol. The van der Waals surface area contributed by atoms with Crippen LogP contribution in [-0.2, 0) is 4.79 Å². The zero-order valence-corrected chi connectivity index (χ0v) is 12.1. The minimum absolute atomic E-state index is 0.0732. The first-order chi connectivity index (χ1) is 9.20. The summed E-state index contributed by atoms with van der Waals surface area (Å²) in [6.07, 6.45) is 2.30. The van der Waals surface area contributed by atoms with Crippen LogP contribution in [0.1, 0.15) is 26.2 Å². The Hall–Kier alpha value is -1.69. The largest absolute Gasteiger partial charge is 0.306 e. The van der Waals surface area contributed by atoms with Gasteiger partial charge < -0.3 is 5.32 Å². The third kappa shape index (κ3) is 3.64. The predicted octanol–water partition coefficient (Wildman–Crippen LogP) is 3.63. The molecule has 0 saturated heterocycles. The highest BCUT2D eigenvalue weighted by Crippen LogP contribution is 2.25. The van der Waals surface area contributed by atoms with E-state index in [9.17, 15) is 4.79 Å². The molecule has 0 aliphatic rings. The van der Waals surface area contributed by atoms with Gasteiger partial charge in [0, 0.05) is 16.5 Å². The van der Waals surface area contributed by atoms with Crippen LogP contribution in [0.15, 0.2) is 33.4 Å². The zero-order chi connectivity index (χ0) is 13.7. The fraction of sp³-hybridized carbons (Fsp3) is 0.308. The molecule has 1 heterocycles. The van der Waals surface area contributed by atoms with Crippen LogP contribution in [0.4, 0.5) is 5.82 Å². The first kappa shape index (κ1) is 13.7. The minimum atomic E-state index is -0.0732. The lowest BCUT2D eigenvalue weighted by molar-refractivity contribution is -0.116. The maximum Gasteiger partial charge on any atom is 0.225 e. The average Bonchev–Trinajstić information content (AvgIpc) is 2.85. The van der Waals surface area contributed by atoms with Crippen molar-refractivity contribution in [2.24, 2.45) is 0 Å². The van der Waals surface area contributed by atoms with E-state index in [-0.39, 0.29) is 5.91 Å². The number of nitrogens with one attached hydrogen (secondary N) is 1. The van der Waals surface area contributed by atoms with Crippen LogP contribution in [0, 0.1) is 0 Å². The number of hydrogen-bond acceptors (Lipinski definition) is 4. The van der Waals surface area contributed by atoms with Crippen LogP contribution >= 0.6 is 15.9 Å². The second kappa shape index (κ2) is 6.47. The van der Waals surface area contributed by atoms with Gasteiger partial charge in [0.2, 0.25) is 11.7 Å². The van der Waals surface area contributed by atoms with Crippen LogP contribution in [0.2, 0.25) is 0 Å². The Kier molecular flexibility index (Phi) is 4.68. The summed E-state index contributed by atoms with van der Waals surface area (Å²) < 4.78 is 5.68. The van der Waals surface area contributed by atoms with E-state index >= 15 is 0 Å². The first-order valence-electron chi connectivity index (χ1n) is 6.09. The smallest absolute Gasteiger partial charge is 0.225 e. The Morgan fingerprint density at radius 3 is 2.74 bits per heavy atom. The van der Waals surface area contributed by atoms with Gasteiger partial charge >= 0.3 is 0 Å². The molecule has 1 amide bonds. The molecule has 1 N–H and O–H groups in total. The van der Waals surface area contributed by atoms with Crippen molar-refractivity contribution >= 4 is 27.7 Å². The molecule has 0 atom stereocenters. The number of hydrogen-bond donors (Lipinski definition) is 1. The normalized spacial score (nSPS) is 10.4. The number of nitrogens with zero attached hydrogens (tertiary/aromatic N) is 2. The molecule has 1 aromatic heterocycles.